The summed E-state index contributed by atoms with van der Waals surface area (Å²) in [6.45, 7) is 2.11. The Morgan fingerprint density at radius 1 is 1.32 bits per heavy atom. The van der Waals surface area contributed by atoms with E-state index in [2.05, 4.69) is 28.3 Å². The lowest BCUT2D eigenvalue weighted by Crippen LogP contribution is -2.14. The molecule has 0 saturated carbocycles. The molecule has 0 aliphatic heterocycles. The normalized spacial score (nSPS) is 12.2. The smallest absolute Gasteiger partial charge is 0.124 e. The molecule has 0 fully saturated rings. The van der Waals surface area contributed by atoms with Gasteiger partial charge >= 0.3 is 0 Å². The van der Waals surface area contributed by atoms with Crippen molar-refractivity contribution in [2.24, 2.45) is 0 Å². The van der Waals surface area contributed by atoms with E-state index in [9.17, 15) is 0 Å². The first kappa shape index (κ1) is 13.8. The minimum absolute atomic E-state index is 0.204. The maximum atomic E-state index is 5.46. The van der Waals surface area contributed by atoms with Crippen LogP contribution in [0, 0.1) is 0 Å². The second kappa shape index (κ2) is 6.54. The number of hydrogen-bond donors (Lipinski definition) is 1. The van der Waals surface area contributed by atoms with E-state index in [-0.39, 0.29) is 6.04 Å². The Bertz CT molecular complexity index is 533. The summed E-state index contributed by atoms with van der Waals surface area (Å²) in [5.74, 6) is 0.885. The van der Waals surface area contributed by atoms with Gasteiger partial charge in [-0.2, -0.15) is 0 Å². The highest BCUT2D eigenvalue weighted by Crippen LogP contribution is 2.37. The van der Waals surface area contributed by atoms with Crippen molar-refractivity contribution in [2.75, 3.05) is 14.2 Å². The molecule has 100 valence electrons. The third-order valence-electron chi connectivity index (χ3n) is 2.87. The molecule has 0 aliphatic rings. The summed E-state index contributed by atoms with van der Waals surface area (Å²) in [6.07, 6.45) is 5.13. The van der Waals surface area contributed by atoms with Crippen LogP contribution in [0.1, 0.15) is 18.5 Å². The SMILES string of the molecule is CNC(C)c1c(OC)cccc1Sc1cnccn1. The van der Waals surface area contributed by atoms with Crippen molar-refractivity contribution in [2.45, 2.75) is 22.9 Å². The topological polar surface area (TPSA) is 47.0 Å². The third kappa shape index (κ3) is 3.24. The van der Waals surface area contributed by atoms with E-state index in [1.807, 2.05) is 19.2 Å². The van der Waals surface area contributed by atoms with Gasteiger partial charge in [-0.15, -0.1) is 0 Å². The van der Waals surface area contributed by atoms with Gasteiger partial charge in [0.25, 0.3) is 0 Å². The van der Waals surface area contributed by atoms with Crippen molar-refractivity contribution in [3.05, 3.63) is 42.4 Å². The lowest BCUT2D eigenvalue weighted by Gasteiger charge is -2.18. The van der Waals surface area contributed by atoms with Crippen LogP contribution in [0.3, 0.4) is 0 Å². The van der Waals surface area contributed by atoms with Crippen molar-refractivity contribution in [1.29, 1.82) is 0 Å². The van der Waals surface area contributed by atoms with E-state index >= 15 is 0 Å². The molecule has 0 aliphatic carbocycles. The van der Waals surface area contributed by atoms with E-state index in [1.165, 1.54) is 0 Å². The number of benzene rings is 1. The predicted molar refractivity (Wildman–Crippen MR) is 76.6 cm³/mol. The Balaban J connectivity index is 2.39. The Morgan fingerprint density at radius 3 is 2.79 bits per heavy atom. The molecule has 0 bridgehead atoms. The first-order valence-electron chi connectivity index (χ1n) is 6.04. The fraction of sp³-hybridized carbons (Fsp3) is 0.286. The molecule has 1 aromatic carbocycles. The number of nitrogens with zero attached hydrogens (tertiary/aromatic N) is 2. The summed E-state index contributed by atoms with van der Waals surface area (Å²) >= 11 is 1.59. The summed E-state index contributed by atoms with van der Waals surface area (Å²) in [5.41, 5.74) is 1.14. The number of hydrogen-bond acceptors (Lipinski definition) is 5. The fourth-order valence-corrected chi connectivity index (χ4v) is 2.80. The highest BCUT2D eigenvalue weighted by atomic mass is 32.2. The number of aromatic nitrogens is 2. The summed E-state index contributed by atoms with van der Waals surface area (Å²) < 4.78 is 5.46. The van der Waals surface area contributed by atoms with Crippen LogP contribution in [0.15, 0.2) is 46.7 Å². The van der Waals surface area contributed by atoms with E-state index in [1.54, 1.807) is 37.5 Å². The second-order valence-electron chi connectivity index (χ2n) is 4.03. The number of methoxy groups -OCH3 is 1. The molecule has 0 radical (unpaired) electrons. The molecule has 5 heteroatoms. The van der Waals surface area contributed by atoms with E-state index in [0.717, 1.165) is 21.2 Å². The van der Waals surface area contributed by atoms with Crippen LogP contribution >= 0.6 is 11.8 Å². The lowest BCUT2D eigenvalue weighted by molar-refractivity contribution is 0.401. The van der Waals surface area contributed by atoms with Gasteiger partial charge < -0.3 is 10.1 Å². The van der Waals surface area contributed by atoms with Crippen LogP contribution in [0.25, 0.3) is 0 Å². The van der Waals surface area contributed by atoms with Gasteiger partial charge in [0.15, 0.2) is 0 Å². The Labute approximate surface area is 117 Å². The highest BCUT2D eigenvalue weighted by molar-refractivity contribution is 7.99. The van der Waals surface area contributed by atoms with Crippen LogP contribution in [0.4, 0.5) is 0 Å². The molecule has 2 aromatic rings. The first-order valence-corrected chi connectivity index (χ1v) is 6.86. The van der Waals surface area contributed by atoms with Crippen LogP contribution in [-0.4, -0.2) is 24.1 Å². The maximum absolute atomic E-state index is 5.46. The van der Waals surface area contributed by atoms with Crippen molar-refractivity contribution in [1.82, 2.24) is 15.3 Å². The summed E-state index contributed by atoms with van der Waals surface area (Å²) in [7, 11) is 3.63. The average molecular weight is 275 g/mol. The van der Waals surface area contributed by atoms with Gasteiger partial charge in [-0.3, -0.25) is 4.98 Å². The molecular formula is C14H17N3OS. The zero-order chi connectivity index (χ0) is 13.7. The van der Waals surface area contributed by atoms with Gasteiger partial charge in [0.2, 0.25) is 0 Å². The molecule has 1 heterocycles. The number of nitrogens with one attached hydrogen (secondary N) is 1. The summed E-state index contributed by atoms with van der Waals surface area (Å²) in [4.78, 5) is 9.51. The standard InChI is InChI=1S/C14H17N3OS/c1-10(15-2)14-11(18-3)5-4-6-12(14)19-13-9-16-7-8-17-13/h4-10,15H,1-3H3. The van der Waals surface area contributed by atoms with Gasteiger partial charge in [0, 0.05) is 28.9 Å². The van der Waals surface area contributed by atoms with Gasteiger partial charge in [0.05, 0.1) is 13.3 Å². The predicted octanol–water partition coefficient (Wildman–Crippen LogP) is 2.92. The van der Waals surface area contributed by atoms with Gasteiger partial charge in [-0.05, 0) is 26.1 Å². The van der Waals surface area contributed by atoms with Gasteiger partial charge in [-0.1, -0.05) is 17.8 Å². The molecule has 1 atom stereocenters. The van der Waals surface area contributed by atoms with Crippen LogP contribution < -0.4 is 10.1 Å². The van der Waals surface area contributed by atoms with Crippen LogP contribution in [-0.2, 0) is 0 Å². The molecular weight excluding hydrogens is 258 g/mol. The molecule has 0 saturated heterocycles. The van der Waals surface area contributed by atoms with E-state index < -0.39 is 0 Å². The molecule has 0 amide bonds. The Morgan fingerprint density at radius 2 is 2.16 bits per heavy atom. The molecule has 1 unspecified atom stereocenters. The Kier molecular flexibility index (Phi) is 4.76. The number of ether oxygens (including phenoxy) is 1. The van der Waals surface area contributed by atoms with Crippen molar-refractivity contribution in [3.8, 4) is 5.75 Å². The molecule has 19 heavy (non-hydrogen) atoms. The zero-order valence-electron chi connectivity index (χ0n) is 11.3. The summed E-state index contributed by atoms with van der Waals surface area (Å²) in [6, 6.07) is 6.24. The summed E-state index contributed by atoms with van der Waals surface area (Å²) in [5, 5.41) is 4.13. The third-order valence-corrected chi connectivity index (χ3v) is 3.86. The average Bonchev–Trinajstić information content (AvgIpc) is 2.47. The minimum atomic E-state index is 0.204. The quantitative estimate of drug-likeness (QED) is 0.909. The number of rotatable bonds is 5. The largest absolute Gasteiger partial charge is 0.496 e. The highest BCUT2D eigenvalue weighted by Gasteiger charge is 2.15. The molecule has 0 spiro atoms. The maximum Gasteiger partial charge on any atom is 0.124 e. The monoisotopic (exact) mass is 275 g/mol. The minimum Gasteiger partial charge on any atom is -0.496 e. The van der Waals surface area contributed by atoms with Crippen molar-refractivity contribution < 1.29 is 4.74 Å². The molecule has 2 rings (SSSR count). The first-order chi connectivity index (χ1) is 9.26. The van der Waals surface area contributed by atoms with Crippen molar-refractivity contribution >= 4 is 11.8 Å². The van der Waals surface area contributed by atoms with Gasteiger partial charge in [-0.25, -0.2) is 4.98 Å². The fourth-order valence-electron chi connectivity index (χ4n) is 1.81. The Hall–Kier alpha value is -1.59. The second-order valence-corrected chi connectivity index (χ2v) is 5.09. The van der Waals surface area contributed by atoms with E-state index in [0.29, 0.717) is 0 Å². The van der Waals surface area contributed by atoms with E-state index in [4.69, 9.17) is 4.74 Å². The van der Waals surface area contributed by atoms with Crippen LogP contribution in [0.5, 0.6) is 5.75 Å². The molecule has 1 aromatic heterocycles. The lowest BCUT2D eigenvalue weighted by atomic mass is 10.1. The van der Waals surface area contributed by atoms with Gasteiger partial charge in [0.1, 0.15) is 10.8 Å². The zero-order valence-corrected chi connectivity index (χ0v) is 12.1. The molecule has 1 N–H and O–H groups in total. The molecule has 4 nitrogen and oxygen atoms in total. The van der Waals surface area contributed by atoms with Crippen LogP contribution in [0.2, 0.25) is 0 Å². The van der Waals surface area contributed by atoms with Crippen molar-refractivity contribution in [3.63, 3.8) is 0 Å².